The van der Waals surface area contributed by atoms with Crippen molar-refractivity contribution in [2.45, 2.75) is 0 Å². The van der Waals surface area contributed by atoms with Crippen molar-refractivity contribution < 1.29 is 19.5 Å². The molecule has 0 aliphatic rings. The Morgan fingerprint density at radius 1 is 0.905 bits per heavy atom. The molecule has 2 rings (SSSR count). The van der Waals surface area contributed by atoms with E-state index in [1.807, 2.05) is 36.4 Å². The second-order valence-electron chi connectivity index (χ2n) is 4.48. The summed E-state index contributed by atoms with van der Waals surface area (Å²) in [7, 11) is 1.70. The molecule has 5 heteroatoms. The van der Waals surface area contributed by atoms with Gasteiger partial charge >= 0.3 is 7.12 Å². The van der Waals surface area contributed by atoms with Crippen molar-refractivity contribution in [1.29, 1.82) is 0 Å². The van der Waals surface area contributed by atoms with Crippen LogP contribution in [0.5, 0.6) is 11.5 Å². The molecule has 0 unspecified atom stereocenters. The minimum Gasteiger partial charge on any atom is -0.497 e. The zero-order chi connectivity index (χ0) is 15.2. The first-order valence-electron chi connectivity index (χ1n) is 6.50. The molecule has 0 aromatic heterocycles. The van der Waals surface area contributed by atoms with Crippen molar-refractivity contribution in [3.05, 3.63) is 53.6 Å². The van der Waals surface area contributed by atoms with Crippen LogP contribution in [0.3, 0.4) is 0 Å². The second-order valence-corrected chi connectivity index (χ2v) is 4.48. The third-order valence-electron chi connectivity index (χ3n) is 3.10. The molecule has 4 nitrogen and oxygen atoms in total. The van der Waals surface area contributed by atoms with E-state index in [0.717, 1.165) is 11.1 Å². The van der Waals surface area contributed by atoms with Crippen LogP contribution in [-0.2, 0) is 0 Å². The standard InChI is InChI=1S/C16H17BO4/c1-20-14-9-12(10-15(11-14)21-2)7-8-13-5-3-4-6-16(13)17(18)19/h3-11,18-19H,1-2H3/b8-7-. The van der Waals surface area contributed by atoms with E-state index in [0.29, 0.717) is 17.0 Å². The van der Waals surface area contributed by atoms with E-state index in [1.165, 1.54) is 0 Å². The number of benzene rings is 2. The Bertz CT molecular complexity index is 616. The number of methoxy groups -OCH3 is 2. The van der Waals surface area contributed by atoms with Gasteiger partial charge in [-0.1, -0.05) is 36.4 Å². The Kier molecular flexibility index (Phi) is 5.03. The first-order chi connectivity index (χ1) is 10.1. The van der Waals surface area contributed by atoms with Gasteiger partial charge < -0.3 is 19.5 Å². The van der Waals surface area contributed by atoms with Gasteiger partial charge in [0.15, 0.2) is 0 Å². The summed E-state index contributed by atoms with van der Waals surface area (Å²) in [6.07, 6.45) is 3.69. The van der Waals surface area contributed by atoms with Crippen LogP contribution in [0.2, 0.25) is 0 Å². The molecule has 0 heterocycles. The normalized spacial score (nSPS) is 10.7. The molecule has 2 N–H and O–H groups in total. The smallest absolute Gasteiger partial charge is 0.489 e. The molecular formula is C16H17BO4. The molecule has 0 saturated heterocycles. The maximum Gasteiger partial charge on any atom is 0.489 e. The lowest BCUT2D eigenvalue weighted by Crippen LogP contribution is -2.31. The Morgan fingerprint density at radius 2 is 1.52 bits per heavy atom. The lowest BCUT2D eigenvalue weighted by atomic mass is 9.77. The quantitative estimate of drug-likeness (QED) is 0.646. The van der Waals surface area contributed by atoms with Crippen LogP contribution in [0, 0.1) is 0 Å². The summed E-state index contributed by atoms with van der Waals surface area (Å²) >= 11 is 0. The lowest BCUT2D eigenvalue weighted by molar-refractivity contribution is 0.394. The molecular weight excluding hydrogens is 267 g/mol. The molecule has 108 valence electrons. The Balaban J connectivity index is 2.33. The van der Waals surface area contributed by atoms with Gasteiger partial charge in [0.25, 0.3) is 0 Å². The van der Waals surface area contributed by atoms with E-state index in [4.69, 9.17) is 9.47 Å². The van der Waals surface area contributed by atoms with Crippen LogP contribution in [0.25, 0.3) is 12.2 Å². The van der Waals surface area contributed by atoms with E-state index in [1.54, 1.807) is 32.4 Å². The van der Waals surface area contributed by atoms with Gasteiger partial charge in [-0.05, 0) is 28.7 Å². The van der Waals surface area contributed by atoms with Crippen molar-refractivity contribution >= 4 is 24.7 Å². The maximum absolute atomic E-state index is 9.35. The van der Waals surface area contributed by atoms with Gasteiger partial charge in [0.1, 0.15) is 11.5 Å². The molecule has 2 aromatic carbocycles. The summed E-state index contributed by atoms with van der Waals surface area (Å²) in [6, 6.07) is 12.6. The topological polar surface area (TPSA) is 58.9 Å². The van der Waals surface area contributed by atoms with Crippen LogP contribution < -0.4 is 14.9 Å². The molecule has 0 aliphatic carbocycles. The molecule has 0 amide bonds. The van der Waals surface area contributed by atoms with Gasteiger partial charge in [-0.25, -0.2) is 0 Å². The van der Waals surface area contributed by atoms with Gasteiger partial charge in [0.05, 0.1) is 14.2 Å². The van der Waals surface area contributed by atoms with Gasteiger partial charge in [-0.2, -0.15) is 0 Å². The maximum atomic E-state index is 9.35. The first kappa shape index (κ1) is 15.2. The van der Waals surface area contributed by atoms with Crippen molar-refractivity contribution in [3.63, 3.8) is 0 Å². The van der Waals surface area contributed by atoms with Gasteiger partial charge in [-0.15, -0.1) is 0 Å². The van der Waals surface area contributed by atoms with Crippen LogP contribution in [0.15, 0.2) is 42.5 Å². The van der Waals surface area contributed by atoms with E-state index in [2.05, 4.69) is 0 Å². The summed E-state index contributed by atoms with van der Waals surface area (Å²) in [4.78, 5) is 0. The monoisotopic (exact) mass is 284 g/mol. The molecule has 0 bridgehead atoms. The molecule has 0 fully saturated rings. The predicted molar refractivity (Wildman–Crippen MR) is 84.7 cm³/mol. The Hall–Kier alpha value is -2.24. The Morgan fingerprint density at radius 3 is 2.10 bits per heavy atom. The number of ether oxygens (including phenoxy) is 2. The lowest BCUT2D eigenvalue weighted by Gasteiger charge is -2.07. The van der Waals surface area contributed by atoms with E-state index in [-0.39, 0.29) is 0 Å². The summed E-state index contributed by atoms with van der Waals surface area (Å²) < 4.78 is 10.4. The zero-order valence-electron chi connectivity index (χ0n) is 12.0. The highest BCUT2D eigenvalue weighted by Crippen LogP contribution is 2.23. The summed E-state index contributed by atoms with van der Waals surface area (Å²) in [5.74, 6) is 1.40. The predicted octanol–water partition coefficient (Wildman–Crippen LogP) is 1.55. The summed E-state index contributed by atoms with van der Waals surface area (Å²) in [6.45, 7) is 0. The molecule has 0 spiro atoms. The van der Waals surface area contributed by atoms with Crippen molar-refractivity contribution in [1.82, 2.24) is 0 Å². The summed E-state index contributed by atoms with van der Waals surface area (Å²) in [5.41, 5.74) is 2.10. The third-order valence-corrected chi connectivity index (χ3v) is 3.10. The fraction of sp³-hybridized carbons (Fsp3) is 0.125. The number of hydrogen-bond donors (Lipinski definition) is 2. The molecule has 0 radical (unpaired) electrons. The Labute approximate surface area is 124 Å². The van der Waals surface area contributed by atoms with Gasteiger partial charge in [0.2, 0.25) is 0 Å². The highest BCUT2D eigenvalue weighted by atomic mass is 16.5. The van der Waals surface area contributed by atoms with Gasteiger partial charge in [0, 0.05) is 6.07 Å². The largest absolute Gasteiger partial charge is 0.497 e. The minimum absolute atomic E-state index is 0.462. The van der Waals surface area contributed by atoms with Crippen molar-refractivity contribution in [2.24, 2.45) is 0 Å². The van der Waals surface area contributed by atoms with Crippen LogP contribution >= 0.6 is 0 Å². The number of hydrogen-bond acceptors (Lipinski definition) is 4. The van der Waals surface area contributed by atoms with Crippen molar-refractivity contribution in [3.8, 4) is 11.5 Å². The highest BCUT2D eigenvalue weighted by Gasteiger charge is 2.13. The average Bonchev–Trinajstić information content (AvgIpc) is 2.52. The van der Waals surface area contributed by atoms with Crippen LogP contribution in [0.1, 0.15) is 11.1 Å². The fourth-order valence-corrected chi connectivity index (χ4v) is 2.01. The van der Waals surface area contributed by atoms with Crippen LogP contribution in [-0.4, -0.2) is 31.4 Å². The third kappa shape index (κ3) is 3.87. The second kappa shape index (κ2) is 6.97. The molecule has 2 aromatic rings. The molecule has 0 saturated carbocycles. The van der Waals surface area contributed by atoms with Crippen LogP contribution in [0.4, 0.5) is 0 Å². The van der Waals surface area contributed by atoms with E-state index in [9.17, 15) is 10.0 Å². The SMILES string of the molecule is COc1cc(/C=C\c2ccccc2B(O)O)cc(OC)c1. The van der Waals surface area contributed by atoms with E-state index < -0.39 is 7.12 Å². The molecule has 0 atom stereocenters. The fourth-order valence-electron chi connectivity index (χ4n) is 2.01. The first-order valence-corrected chi connectivity index (χ1v) is 6.50. The molecule has 0 aliphatic heterocycles. The molecule has 21 heavy (non-hydrogen) atoms. The summed E-state index contributed by atoms with van der Waals surface area (Å²) in [5, 5.41) is 18.7. The zero-order valence-corrected chi connectivity index (χ0v) is 12.0. The van der Waals surface area contributed by atoms with E-state index >= 15 is 0 Å². The average molecular weight is 284 g/mol. The number of rotatable bonds is 5. The van der Waals surface area contributed by atoms with Crippen molar-refractivity contribution in [2.75, 3.05) is 14.2 Å². The highest BCUT2D eigenvalue weighted by molar-refractivity contribution is 6.59. The minimum atomic E-state index is -1.49. The van der Waals surface area contributed by atoms with Gasteiger partial charge in [-0.3, -0.25) is 0 Å².